The minimum Gasteiger partial charge on any atom is -0.413 e. The Labute approximate surface area is 187 Å². The number of hydrogen-bond donors (Lipinski definition) is 0. The first-order valence-corrected chi connectivity index (χ1v) is 13.7. The quantitative estimate of drug-likeness (QED) is 0.294. The average molecular weight is 461 g/mol. The van der Waals surface area contributed by atoms with Crippen LogP contribution in [0.2, 0.25) is 18.1 Å². The molecule has 2 aliphatic rings. The third kappa shape index (κ3) is 5.30. The molecule has 9 heteroatoms. The van der Waals surface area contributed by atoms with Gasteiger partial charge < -0.3 is 32.8 Å². The van der Waals surface area contributed by atoms with E-state index in [0.29, 0.717) is 12.2 Å². The van der Waals surface area contributed by atoms with Crippen molar-refractivity contribution in [3.05, 3.63) is 11.6 Å². The van der Waals surface area contributed by atoms with Crippen molar-refractivity contribution in [2.75, 3.05) is 34.2 Å². The van der Waals surface area contributed by atoms with Crippen LogP contribution in [-0.4, -0.2) is 78.2 Å². The standard InChI is InChI=1S/C22H40O8Si/c1-11-26-14-27-17-15(13-28-31(9,10)20(2,3)4)12-16(23)18-19(17)30-22(6,25-8)21(5,24-7)29-18/h12,17-19H,11,13-14H2,1-10H3/t17-,18+,19+,21-,22-/m1/s1. The van der Waals surface area contributed by atoms with Crippen LogP contribution in [-0.2, 0) is 37.6 Å². The summed E-state index contributed by atoms with van der Waals surface area (Å²) in [6, 6.07) is 0. The van der Waals surface area contributed by atoms with Crippen LogP contribution < -0.4 is 0 Å². The fraction of sp³-hybridized carbons (Fsp3) is 0.864. The number of ketones is 1. The van der Waals surface area contributed by atoms with Gasteiger partial charge in [-0.1, -0.05) is 20.8 Å². The zero-order chi connectivity index (χ0) is 23.7. The SMILES string of the molecule is CCOCO[C@@H]1C(CO[Si](C)(C)C(C)(C)C)=CC(=O)[C@@H]2O[C@@](C)(OC)[C@](C)(OC)O[C@@H]12. The predicted octanol–water partition coefficient (Wildman–Crippen LogP) is 3.41. The second-order valence-corrected chi connectivity index (χ2v) is 14.6. The zero-order valence-corrected chi connectivity index (χ0v) is 21.7. The third-order valence-corrected chi connectivity index (χ3v) is 11.3. The maximum atomic E-state index is 13.0. The summed E-state index contributed by atoms with van der Waals surface area (Å²) < 4.78 is 41.4. The third-order valence-electron chi connectivity index (χ3n) is 6.83. The van der Waals surface area contributed by atoms with E-state index in [2.05, 4.69) is 33.9 Å². The molecule has 8 nitrogen and oxygen atoms in total. The van der Waals surface area contributed by atoms with Crippen LogP contribution in [0.25, 0.3) is 0 Å². The van der Waals surface area contributed by atoms with Gasteiger partial charge in [-0.3, -0.25) is 4.79 Å². The normalized spacial score (nSPS) is 34.5. The van der Waals surface area contributed by atoms with Gasteiger partial charge in [-0.15, -0.1) is 0 Å². The van der Waals surface area contributed by atoms with Crippen LogP contribution in [0.4, 0.5) is 0 Å². The van der Waals surface area contributed by atoms with Crippen molar-refractivity contribution in [1.82, 2.24) is 0 Å². The van der Waals surface area contributed by atoms with Crippen LogP contribution in [0.5, 0.6) is 0 Å². The number of carbonyl (C=O) groups is 1. The summed E-state index contributed by atoms with van der Waals surface area (Å²) in [6.45, 7) is 17.0. The molecule has 0 bridgehead atoms. The molecular formula is C22H40O8Si. The molecule has 1 saturated heterocycles. The fourth-order valence-corrected chi connectivity index (χ4v) is 4.28. The van der Waals surface area contributed by atoms with Gasteiger partial charge >= 0.3 is 0 Å². The Morgan fingerprint density at radius 2 is 1.68 bits per heavy atom. The lowest BCUT2D eigenvalue weighted by molar-refractivity contribution is -0.448. The van der Waals surface area contributed by atoms with Crippen molar-refractivity contribution in [2.24, 2.45) is 0 Å². The highest BCUT2D eigenvalue weighted by Gasteiger charge is 2.61. The van der Waals surface area contributed by atoms with Crippen LogP contribution in [0, 0.1) is 0 Å². The van der Waals surface area contributed by atoms with Crippen molar-refractivity contribution in [1.29, 1.82) is 0 Å². The predicted molar refractivity (Wildman–Crippen MR) is 118 cm³/mol. The maximum Gasteiger partial charge on any atom is 0.221 e. The first-order valence-electron chi connectivity index (χ1n) is 10.8. The lowest BCUT2D eigenvalue weighted by Crippen LogP contribution is -2.69. The molecule has 0 aromatic carbocycles. The highest BCUT2D eigenvalue weighted by molar-refractivity contribution is 6.74. The van der Waals surface area contributed by atoms with Crippen molar-refractivity contribution in [3.63, 3.8) is 0 Å². The molecule has 1 heterocycles. The van der Waals surface area contributed by atoms with Gasteiger partial charge in [-0.25, -0.2) is 0 Å². The Hall–Kier alpha value is -0.653. The van der Waals surface area contributed by atoms with Crippen LogP contribution in [0.15, 0.2) is 11.6 Å². The number of methoxy groups -OCH3 is 2. The van der Waals surface area contributed by atoms with Gasteiger partial charge in [0.15, 0.2) is 20.2 Å². The number of carbonyl (C=O) groups excluding carboxylic acids is 1. The smallest absolute Gasteiger partial charge is 0.221 e. The van der Waals surface area contributed by atoms with Crippen molar-refractivity contribution in [2.45, 2.75) is 89.6 Å². The highest BCUT2D eigenvalue weighted by atomic mass is 28.4. The second kappa shape index (κ2) is 9.68. The Balaban J connectivity index is 2.36. The molecule has 0 radical (unpaired) electrons. The second-order valence-electron chi connectivity index (χ2n) is 9.79. The minimum absolute atomic E-state index is 0.0375. The molecule has 1 fully saturated rings. The van der Waals surface area contributed by atoms with E-state index in [0.717, 1.165) is 0 Å². The van der Waals surface area contributed by atoms with E-state index in [9.17, 15) is 4.79 Å². The Bertz CT molecular complexity index is 673. The number of ether oxygens (including phenoxy) is 6. The van der Waals surface area contributed by atoms with Gasteiger partial charge in [-0.05, 0) is 50.6 Å². The molecule has 0 N–H and O–H groups in total. The van der Waals surface area contributed by atoms with Gasteiger partial charge in [0.2, 0.25) is 11.6 Å². The largest absolute Gasteiger partial charge is 0.413 e. The van der Waals surface area contributed by atoms with E-state index in [1.807, 2.05) is 6.92 Å². The molecule has 0 aromatic heterocycles. The molecular weight excluding hydrogens is 420 g/mol. The average Bonchev–Trinajstić information content (AvgIpc) is 2.69. The first kappa shape index (κ1) is 26.6. The van der Waals surface area contributed by atoms with E-state index in [4.69, 9.17) is 32.8 Å². The van der Waals surface area contributed by atoms with Crippen LogP contribution in [0.1, 0.15) is 41.5 Å². The Kier molecular flexibility index (Phi) is 8.31. The van der Waals surface area contributed by atoms with Gasteiger partial charge in [0.05, 0.1) is 6.61 Å². The van der Waals surface area contributed by atoms with E-state index in [1.54, 1.807) is 19.9 Å². The monoisotopic (exact) mass is 460 g/mol. The van der Waals surface area contributed by atoms with Crippen molar-refractivity contribution < 1.29 is 37.6 Å². The van der Waals surface area contributed by atoms with Crippen LogP contribution >= 0.6 is 0 Å². The minimum atomic E-state index is -2.04. The summed E-state index contributed by atoms with van der Waals surface area (Å²) in [4.78, 5) is 13.0. The molecule has 0 unspecified atom stereocenters. The van der Waals surface area contributed by atoms with Gasteiger partial charge in [0.1, 0.15) is 19.0 Å². The van der Waals surface area contributed by atoms with E-state index in [1.165, 1.54) is 14.2 Å². The topological polar surface area (TPSA) is 81.7 Å². The lowest BCUT2D eigenvalue weighted by Gasteiger charge is -2.53. The lowest BCUT2D eigenvalue weighted by atomic mass is 9.88. The Morgan fingerprint density at radius 1 is 1.10 bits per heavy atom. The summed E-state index contributed by atoms with van der Waals surface area (Å²) in [7, 11) is 0.963. The van der Waals surface area contributed by atoms with E-state index in [-0.39, 0.29) is 24.2 Å². The van der Waals surface area contributed by atoms with Crippen molar-refractivity contribution in [3.8, 4) is 0 Å². The molecule has 0 saturated carbocycles. The molecule has 1 aliphatic carbocycles. The van der Waals surface area contributed by atoms with E-state index >= 15 is 0 Å². The molecule has 31 heavy (non-hydrogen) atoms. The number of fused-ring (bicyclic) bond motifs is 1. The molecule has 5 atom stereocenters. The summed E-state index contributed by atoms with van der Waals surface area (Å²) in [5, 5.41) is 0.0375. The molecule has 1 aliphatic heterocycles. The molecule has 0 amide bonds. The molecule has 2 rings (SSSR count). The number of rotatable bonds is 9. The van der Waals surface area contributed by atoms with Gasteiger partial charge in [0.25, 0.3) is 0 Å². The van der Waals surface area contributed by atoms with Gasteiger partial charge in [0, 0.05) is 20.8 Å². The summed E-state index contributed by atoms with van der Waals surface area (Å²) >= 11 is 0. The summed E-state index contributed by atoms with van der Waals surface area (Å²) in [6.07, 6.45) is -0.657. The van der Waals surface area contributed by atoms with E-state index < -0.39 is 38.2 Å². The Morgan fingerprint density at radius 3 is 2.19 bits per heavy atom. The van der Waals surface area contributed by atoms with Crippen LogP contribution in [0.3, 0.4) is 0 Å². The molecule has 0 spiro atoms. The van der Waals surface area contributed by atoms with Crippen molar-refractivity contribution >= 4 is 14.1 Å². The first-order chi connectivity index (χ1) is 14.2. The summed E-state index contributed by atoms with van der Waals surface area (Å²) in [5.74, 6) is -2.73. The summed E-state index contributed by atoms with van der Waals surface area (Å²) in [5.41, 5.74) is 0.707. The highest BCUT2D eigenvalue weighted by Crippen LogP contribution is 2.43. The zero-order valence-electron chi connectivity index (χ0n) is 20.7. The molecule has 180 valence electrons. The fourth-order valence-electron chi connectivity index (χ4n) is 3.32. The maximum absolute atomic E-state index is 13.0. The molecule has 0 aromatic rings. The van der Waals surface area contributed by atoms with Gasteiger partial charge in [-0.2, -0.15) is 0 Å². The number of hydrogen-bond acceptors (Lipinski definition) is 8.